The van der Waals surface area contributed by atoms with Crippen LogP contribution in [0.5, 0.6) is 5.88 Å². The first-order valence-electron chi connectivity index (χ1n) is 10.6. The van der Waals surface area contributed by atoms with Crippen LogP contribution in [0, 0.1) is 13.8 Å². The topological polar surface area (TPSA) is 111 Å². The monoisotopic (exact) mass is 467 g/mol. The van der Waals surface area contributed by atoms with Gasteiger partial charge in [-0.2, -0.15) is 0 Å². The number of carbonyl (C=O) groups excluding carboxylic acids is 2. The second kappa shape index (κ2) is 9.12. The van der Waals surface area contributed by atoms with Gasteiger partial charge in [0.1, 0.15) is 0 Å². The second-order valence-corrected chi connectivity index (χ2v) is 8.08. The number of nitrogens with zero attached hydrogens (tertiary/aromatic N) is 4. The minimum absolute atomic E-state index is 0.139. The summed E-state index contributed by atoms with van der Waals surface area (Å²) in [6.45, 7) is 4.86. The largest absolute Gasteiger partial charge is 0.471 e. The van der Waals surface area contributed by atoms with E-state index < -0.39 is 18.9 Å². The van der Waals surface area contributed by atoms with Gasteiger partial charge in [-0.25, -0.2) is 13.8 Å². The number of amides is 2. The van der Waals surface area contributed by atoms with Crippen LogP contribution < -0.4 is 10.5 Å². The Morgan fingerprint density at radius 3 is 2.65 bits per heavy atom. The maximum Gasteiger partial charge on any atom is 0.272 e. The molecule has 0 fully saturated rings. The number of hydrogen-bond donors (Lipinski definition) is 1. The van der Waals surface area contributed by atoms with Crippen LogP contribution in [0.25, 0.3) is 11.4 Å². The van der Waals surface area contributed by atoms with Crippen LogP contribution in [0.15, 0.2) is 36.7 Å². The summed E-state index contributed by atoms with van der Waals surface area (Å²) < 4.78 is 29.9. The van der Waals surface area contributed by atoms with E-state index in [1.165, 1.54) is 6.20 Å². The van der Waals surface area contributed by atoms with Crippen molar-refractivity contribution in [2.24, 2.45) is 5.73 Å². The molecule has 3 aromatic rings. The highest BCUT2D eigenvalue weighted by molar-refractivity contribution is 6.00. The van der Waals surface area contributed by atoms with Gasteiger partial charge in [-0.05, 0) is 50.6 Å². The number of hydrogen-bond acceptors (Lipinski definition) is 6. The summed E-state index contributed by atoms with van der Waals surface area (Å²) in [5.41, 5.74) is 9.89. The van der Waals surface area contributed by atoms with E-state index in [-0.39, 0.29) is 17.8 Å². The summed E-state index contributed by atoms with van der Waals surface area (Å²) in [6.07, 6.45) is 0.496. The van der Waals surface area contributed by atoms with Gasteiger partial charge in [0.25, 0.3) is 18.2 Å². The molecule has 176 valence electrons. The highest BCUT2D eigenvalue weighted by Crippen LogP contribution is 2.36. The number of fused-ring (bicyclic) bond motifs is 1. The number of carbonyl (C=O) groups is 2. The molecule has 1 aliphatic heterocycles. The first-order chi connectivity index (χ1) is 16.2. The van der Waals surface area contributed by atoms with Crippen molar-refractivity contribution in [3.63, 3.8) is 0 Å². The summed E-state index contributed by atoms with van der Waals surface area (Å²) in [6, 6.07) is 6.38. The fourth-order valence-corrected chi connectivity index (χ4v) is 4.02. The zero-order valence-corrected chi connectivity index (χ0v) is 18.9. The van der Waals surface area contributed by atoms with Gasteiger partial charge in [-0.1, -0.05) is 0 Å². The number of halogens is 2. The maximum atomic E-state index is 13.2. The Labute approximate surface area is 194 Å². The van der Waals surface area contributed by atoms with Gasteiger partial charge >= 0.3 is 0 Å². The van der Waals surface area contributed by atoms with E-state index in [0.29, 0.717) is 40.3 Å². The van der Waals surface area contributed by atoms with Crippen molar-refractivity contribution in [3.05, 3.63) is 70.2 Å². The molecule has 34 heavy (non-hydrogen) atoms. The van der Waals surface area contributed by atoms with Crippen molar-refractivity contribution in [2.45, 2.75) is 39.8 Å². The molecule has 4 heterocycles. The lowest BCUT2D eigenvalue weighted by Crippen LogP contribution is -2.27. The van der Waals surface area contributed by atoms with Gasteiger partial charge in [-0.15, -0.1) is 0 Å². The molecule has 4 rings (SSSR count). The highest BCUT2D eigenvalue weighted by Gasteiger charge is 2.34. The molecule has 0 aromatic carbocycles. The van der Waals surface area contributed by atoms with Gasteiger partial charge in [-0.3, -0.25) is 19.6 Å². The molecule has 2 N–H and O–H groups in total. The van der Waals surface area contributed by atoms with Gasteiger partial charge in [0, 0.05) is 35.6 Å². The van der Waals surface area contributed by atoms with Crippen molar-refractivity contribution in [1.29, 1.82) is 0 Å². The van der Waals surface area contributed by atoms with Crippen LogP contribution in [0.1, 0.15) is 56.1 Å². The predicted octanol–water partition coefficient (Wildman–Crippen LogP) is 3.62. The summed E-state index contributed by atoms with van der Waals surface area (Å²) in [5.74, 6) is -0.584. The SMILES string of the molecule is Cc1cc(C(C)N2Cc3c(ccnc3-c3ccc(C(N)=O)c(C)n3)C2=O)cnc1OCC(F)F. The molecule has 1 atom stereocenters. The summed E-state index contributed by atoms with van der Waals surface area (Å²) in [7, 11) is 0. The van der Waals surface area contributed by atoms with E-state index in [0.717, 1.165) is 11.1 Å². The number of nitrogens with two attached hydrogens (primary N) is 1. The lowest BCUT2D eigenvalue weighted by molar-refractivity contribution is 0.0713. The van der Waals surface area contributed by atoms with Gasteiger partial charge in [0.15, 0.2) is 6.61 Å². The number of ether oxygens (including phenoxy) is 1. The molecule has 2 amide bonds. The predicted molar refractivity (Wildman–Crippen MR) is 119 cm³/mol. The van der Waals surface area contributed by atoms with Crippen molar-refractivity contribution >= 4 is 11.8 Å². The molecule has 0 spiro atoms. The molecular formula is C24H23F2N5O3. The smallest absolute Gasteiger partial charge is 0.272 e. The van der Waals surface area contributed by atoms with Crippen molar-refractivity contribution in [2.75, 3.05) is 6.61 Å². The standard InChI is InChI=1S/C24H23F2N5O3/c1-12-8-15(9-29-23(12)34-11-20(25)26)14(3)31-10-18-17(24(31)33)6-7-28-21(18)19-5-4-16(22(27)32)13(2)30-19/h4-9,14,20H,10-11H2,1-3H3,(H2,27,32). The lowest BCUT2D eigenvalue weighted by atomic mass is 10.1. The van der Waals surface area contributed by atoms with Gasteiger partial charge < -0.3 is 15.4 Å². The van der Waals surface area contributed by atoms with Crippen LogP contribution in [0.3, 0.4) is 0 Å². The molecule has 10 heteroatoms. The van der Waals surface area contributed by atoms with E-state index in [2.05, 4.69) is 15.0 Å². The van der Waals surface area contributed by atoms with Crippen LogP contribution in [0.2, 0.25) is 0 Å². The fourth-order valence-electron chi connectivity index (χ4n) is 4.02. The first kappa shape index (κ1) is 23.2. The molecular weight excluding hydrogens is 444 g/mol. The van der Waals surface area contributed by atoms with Crippen LogP contribution >= 0.6 is 0 Å². The number of pyridine rings is 3. The second-order valence-electron chi connectivity index (χ2n) is 8.08. The normalized spacial score (nSPS) is 13.8. The van der Waals surface area contributed by atoms with E-state index in [1.54, 1.807) is 49.2 Å². The number of rotatable bonds is 7. The molecule has 0 saturated carbocycles. The molecule has 8 nitrogen and oxygen atoms in total. The summed E-state index contributed by atoms with van der Waals surface area (Å²) >= 11 is 0. The quantitative estimate of drug-likeness (QED) is 0.568. The molecule has 1 aliphatic rings. The average Bonchev–Trinajstić information content (AvgIpc) is 3.14. The van der Waals surface area contributed by atoms with Gasteiger partial charge in [0.05, 0.1) is 28.7 Å². The van der Waals surface area contributed by atoms with E-state index >= 15 is 0 Å². The molecule has 1 unspecified atom stereocenters. The number of primary amides is 1. The number of aromatic nitrogens is 3. The Kier molecular flexibility index (Phi) is 6.23. The first-order valence-corrected chi connectivity index (χ1v) is 10.6. The molecule has 0 saturated heterocycles. The Morgan fingerprint density at radius 2 is 2.00 bits per heavy atom. The Hall–Kier alpha value is -3.95. The van der Waals surface area contributed by atoms with Crippen LogP contribution in [-0.2, 0) is 6.54 Å². The zero-order chi connectivity index (χ0) is 24.6. The third-order valence-corrected chi connectivity index (χ3v) is 5.82. The Bertz CT molecular complexity index is 1280. The molecule has 0 bridgehead atoms. The summed E-state index contributed by atoms with van der Waals surface area (Å²) in [5, 5.41) is 0. The van der Waals surface area contributed by atoms with Crippen molar-refractivity contribution in [3.8, 4) is 17.3 Å². The van der Waals surface area contributed by atoms with Crippen molar-refractivity contribution in [1.82, 2.24) is 19.9 Å². The minimum Gasteiger partial charge on any atom is -0.471 e. The maximum absolute atomic E-state index is 13.2. The molecule has 3 aromatic heterocycles. The number of alkyl halides is 2. The lowest BCUT2D eigenvalue weighted by Gasteiger charge is -2.25. The third kappa shape index (κ3) is 4.30. The number of aryl methyl sites for hydroxylation is 2. The minimum atomic E-state index is -2.59. The fraction of sp³-hybridized carbons (Fsp3) is 0.292. The zero-order valence-electron chi connectivity index (χ0n) is 18.9. The van der Waals surface area contributed by atoms with Crippen LogP contribution in [-0.4, -0.2) is 44.7 Å². The van der Waals surface area contributed by atoms with Crippen LogP contribution in [0.4, 0.5) is 8.78 Å². The van der Waals surface area contributed by atoms with E-state index in [1.807, 2.05) is 6.92 Å². The summed E-state index contributed by atoms with van der Waals surface area (Å²) in [4.78, 5) is 39.5. The van der Waals surface area contributed by atoms with E-state index in [4.69, 9.17) is 10.5 Å². The Morgan fingerprint density at radius 1 is 1.24 bits per heavy atom. The molecule has 0 radical (unpaired) electrons. The Balaban J connectivity index is 1.61. The van der Waals surface area contributed by atoms with E-state index in [9.17, 15) is 18.4 Å². The van der Waals surface area contributed by atoms with Crippen molar-refractivity contribution < 1.29 is 23.1 Å². The van der Waals surface area contributed by atoms with Gasteiger partial charge in [0.2, 0.25) is 5.88 Å². The third-order valence-electron chi connectivity index (χ3n) is 5.82. The average molecular weight is 467 g/mol. The highest BCUT2D eigenvalue weighted by atomic mass is 19.3. The molecule has 0 aliphatic carbocycles.